The Morgan fingerprint density at radius 1 is 1.56 bits per heavy atom. The lowest BCUT2D eigenvalue weighted by Crippen LogP contribution is -2.17. The van der Waals surface area contributed by atoms with Crippen LogP contribution in [0.1, 0.15) is 27.2 Å². The van der Waals surface area contributed by atoms with E-state index in [1.807, 2.05) is 20.8 Å². The van der Waals surface area contributed by atoms with Gasteiger partial charge in [-0.05, 0) is 12.3 Å². The molecule has 9 heavy (non-hydrogen) atoms. The Balaban J connectivity index is 3.53. The van der Waals surface area contributed by atoms with E-state index in [0.717, 1.165) is 6.42 Å². The highest BCUT2D eigenvalue weighted by Gasteiger charge is 2.09. The molecule has 0 aliphatic heterocycles. The first-order chi connectivity index (χ1) is 4.22. The van der Waals surface area contributed by atoms with Crippen molar-refractivity contribution >= 4 is 6.47 Å². The first-order valence-electron chi connectivity index (χ1n) is 3.31. The van der Waals surface area contributed by atoms with Gasteiger partial charge in [0.15, 0.2) is 0 Å². The van der Waals surface area contributed by atoms with Crippen LogP contribution in [-0.2, 0) is 9.53 Å². The van der Waals surface area contributed by atoms with E-state index in [4.69, 9.17) is 4.74 Å². The largest absolute Gasteiger partial charge is 0.464 e. The number of carbonyl (C=O) groups excluding carboxylic acids is 1. The smallest absolute Gasteiger partial charge is 0.293 e. The number of ether oxygens (including phenoxy) is 1. The molecule has 0 spiro atoms. The van der Waals surface area contributed by atoms with Crippen LogP contribution in [0.15, 0.2) is 0 Å². The topological polar surface area (TPSA) is 26.3 Å². The molecule has 0 bridgehead atoms. The molecule has 1 atom stereocenters. The van der Waals surface area contributed by atoms with Crippen molar-refractivity contribution in [1.82, 2.24) is 0 Å². The molecule has 1 unspecified atom stereocenters. The van der Waals surface area contributed by atoms with Gasteiger partial charge in [0.1, 0.15) is 6.10 Å². The minimum atomic E-state index is 0.0995. The molecule has 0 amide bonds. The second-order valence-corrected chi connectivity index (χ2v) is 2.42. The van der Waals surface area contributed by atoms with E-state index in [1.54, 1.807) is 0 Å². The van der Waals surface area contributed by atoms with Gasteiger partial charge in [-0.25, -0.2) is 0 Å². The fourth-order valence-electron chi connectivity index (χ4n) is 0.796. The Morgan fingerprint density at radius 2 is 2.11 bits per heavy atom. The van der Waals surface area contributed by atoms with Crippen molar-refractivity contribution in [1.29, 1.82) is 0 Å². The zero-order chi connectivity index (χ0) is 7.28. The molecule has 54 valence electrons. The van der Waals surface area contributed by atoms with Gasteiger partial charge in [0.25, 0.3) is 6.47 Å². The van der Waals surface area contributed by atoms with Gasteiger partial charge >= 0.3 is 0 Å². The van der Waals surface area contributed by atoms with Gasteiger partial charge in [-0.1, -0.05) is 20.8 Å². The molecule has 0 N–H and O–H groups in total. The van der Waals surface area contributed by atoms with E-state index in [-0.39, 0.29) is 6.10 Å². The highest BCUT2D eigenvalue weighted by molar-refractivity contribution is 5.37. The SMILES string of the molecule is CCC(OC=O)C(C)C. The van der Waals surface area contributed by atoms with E-state index in [0.29, 0.717) is 12.4 Å². The molecule has 0 radical (unpaired) electrons. The van der Waals surface area contributed by atoms with Crippen LogP contribution in [0.25, 0.3) is 0 Å². The van der Waals surface area contributed by atoms with Crippen LogP contribution in [-0.4, -0.2) is 12.6 Å². The summed E-state index contributed by atoms with van der Waals surface area (Å²) < 4.78 is 4.77. The van der Waals surface area contributed by atoms with Crippen LogP contribution < -0.4 is 0 Å². The molecule has 0 aliphatic rings. The molecular formula is C7H14O2. The average Bonchev–Trinajstić information content (AvgIpc) is 1.82. The predicted molar refractivity (Wildman–Crippen MR) is 36.1 cm³/mol. The highest BCUT2D eigenvalue weighted by atomic mass is 16.5. The van der Waals surface area contributed by atoms with Gasteiger partial charge in [-0.15, -0.1) is 0 Å². The van der Waals surface area contributed by atoms with Crippen LogP contribution in [0.2, 0.25) is 0 Å². The maximum Gasteiger partial charge on any atom is 0.293 e. The van der Waals surface area contributed by atoms with E-state index in [1.165, 1.54) is 0 Å². The third kappa shape index (κ3) is 3.12. The Hall–Kier alpha value is -0.530. The second-order valence-electron chi connectivity index (χ2n) is 2.42. The lowest BCUT2D eigenvalue weighted by molar-refractivity contribution is -0.135. The summed E-state index contributed by atoms with van der Waals surface area (Å²) in [6, 6.07) is 0. The summed E-state index contributed by atoms with van der Waals surface area (Å²) in [5.74, 6) is 0.431. The van der Waals surface area contributed by atoms with Crippen molar-refractivity contribution in [3.8, 4) is 0 Å². The van der Waals surface area contributed by atoms with Gasteiger partial charge in [-0.2, -0.15) is 0 Å². The quantitative estimate of drug-likeness (QED) is 0.540. The summed E-state index contributed by atoms with van der Waals surface area (Å²) in [6.45, 7) is 6.61. The van der Waals surface area contributed by atoms with Gasteiger partial charge in [0.2, 0.25) is 0 Å². The van der Waals surface area contributed by atoms with E-state index < -0.39 is 0 Å². The van der Waals surface area contributed by atoms with Crippen LogP contribution in [0.5, 0.6) is 0 Å². The number of carbonyl (C=O) groups is 1. The third-order valence-electron chi connectivity index (χ3n) is 1.38. The maximum absolute atomic E-state index is 9.86. The van der Waals surface area contributed by atoms with Crippen LogP contribution in [0.3, 0.4) is 0 Å². The monoisotopic (exact) mass is 130 g/mol. The fraction of sp³-hybridized carbons (Fsp3) is 0.857. The summed E-state index contributed by atoms with van der Waals surface area (Å²) in [7, 11) is 0. The first-order valence-corrected chi connectivity index (χ1v) is 3.31. The minimum absolute atomic E-state index is 0.0995. The van der Waals surface area contributed by atoms with Crippen molar-refractivity contribution in [2.24, 2.45) is 5.92 Å². The Labute approximate surface area is 56.2 Å². The zero-order valence-corrected chi connectivity index (χ0v) is 6.26. The number of rotatable bonds is 4. The average molecular weight is 130 g/mol. The molecule has 0 rings (SSSR count). The molecule has 0 aromatic heterocycles. The number of hydrogen-bond donors (Lipinski definition) is 0. The lowest BCUT2D eigenvalue weighted by Gasteiger charge is -2.15. The summed E-state index contributed by atoms with van der Waals surface area (Å²) >= 11 is 0. The molecule has 0 heterocycles. The summed E-state index contributed by atoms with van der Waals surface area (Å²) in [6.07, 6.45) is 0.999. The molecule has 0 saturated carbocycles. The van der Waals surface area contributed by atoms with Gasteiger partial charge in [0, 0.05) is 0 Å². The molecule has 2 nitrogen and oxygen atoms in total. The van der Waals surface area contributed by atoms with Crippen molar-refractivity contribution < 1.29 is 9.53 Å². The van der Waals surface area contributed by atoms with Crippen LogP contribution >= 0.6 is 0 Å². The van der Waals surface area contributed by atoms with Crippen molar-refractivity contribution in [2.75, 3.05) is 0 Å². The third-order valence-corrected chi connectivity index (χ3v) is 1.38. The van der Waals surface area contributed by atoms with E-state index in [2.05, 4.69) is 0 Å². The Morgan fingerprint density at radius 3 is 2.22 bits per heavy atom. The molecular weight excluding hydrogens is 116 g/mol. The van der Waals surface area contributed by atoms with Gasteiger partial charge < -0.3 is 4.74 Å². The van der Waals surface area contributed by atoms with Crippen molar-refractivity contribution in [2.45, 2.75) is 33.3 Å². The van der Waals surface area contributed by atoms with Gasteiger partial charge in [0.05, 0.1) is 0 Å². The first kappa shape index (κ1) is 8.47. The summed E-state index contributed by atoms with van der Waals surface area (Å²) in [4.78, 5) is 9.86. The standard InChI is InChI=1S/C7H14O2/c1-4-7(6(2)3)9-5-8/h5-7H,4H2,1-3H3. The van der Waals surface area contributed by atoms with Gasteiger partial charge in [-0.3, -0.25) is 4.79 Å². The van der Waals surface area contributed by atoms with Crippen LogP contribution in [0, 0.1) is 5.92 Å². The van der Waals surface area contributed by atoms with Crippen molar-refractivity contribution in [3.05, 3.63) is 0 Å². The summed E-state index contributed by atoms with van der Waals surface area (Å²) in [5.41, 5.74) is 0. The second kappa shape index (κ2) is 4.36. The molecule has 0 aromatic carbocycles. The van der Waals surface area contributed by atoms with Crippen LogP contribution in [0.4, 0.5) is 0 Å². The lowest BCUT2D eigenvalue weighted by atomic mass is 10.1. The normalized spacial score (nSPS) is 13.3. The molecule has 0 aromatic rings. The molecule has 0 saturated heterocycles. The Kier molecular flexibility index (Phi) is 4.10. The zero-order valence-electron chi connectivity index (χ0n) is 6.26. The van der Waals surface area contributed by atoms with E-state index >= 15 is 0 Å². The maximum atomic E-state index is 9.86. The predicted octanol–water partition coefficient (Wildman–Crippen LogP) is 1.59. The van der Waals surface area contributed by atoms with E-state index in [9.17, 15) is 4.79 Å². The summed E-state index contributed by atoms with van der Waals surface area (Å²) in [5, 5.41) is 0. The fourth-order valence-corrected chi connectivity index (χ4v) is 0.796. The highest BCUT2D eigenvalue weighted by Crippen LogP contribution is 2.08. The molecule has 0 aliphatic carbocycles. The van der Waals surface area contributed by atoms with Crippen molar-refractivity contribution in [3.63, 3.8) is 0 Å². The number of hydrogen-bond acceptors (Lipinski definition) is 2. The molecule has 2 heteroatoms. The Bertz CT molecular complexity index is 79.0. The molecule has 0 fully saturated rings. The minimum Gasteiger partial charge on any atom is -0.464 e.